The molecule has 0 spiro atoms. The number of hydrogen-bond donors (Lipinski definition) is 3. The molecule has 2 amide bonds. The number of urea groups is 1. The molecule has 11 heteroatoms. The summed E-state index contributed by atoms with van der Waals surface area (Å²) in [6.07, 6.45) is 0. The molecule has 4 N–H and O–H groups in total. The Labute approximate surface area is 196 Å². The fourth-order valence-electron chi connectivity index (χ4n) is 3.16. The first-order valence-electron chi connectivity index (χ1n) is 10.7. The molecule has 0 saturated heterocycles. The van der Waals surface area contributed by atoms with Gasteiger partial charge >= 0.3 is 18.0 Å². The maximum Gasteiger partial charge on any atom is 0.342 e. The summed E-state index contributed by atoms with van der Waals surface area (Å²) in [4.78, 5) is 44.6. The van der Waals surface area contributed by atoms with E-state index in [9.17, 15) is 14.4 Å². The van der Waals surface area contributed by atoms with E-state index in [2.05, 4.69) is 20.6 Å². The first-order valence-corrected chi connectivity index (χ1v) is 10.7. The van der Waals surface area contributed by atoms with E-state index < -0.39 is 11.9 Å². The third kappa shape index (κ3) is 5.80. The molecule has 0 saturated carbocycles. The molecular formula is C23H27N5O6. The second-order valence-electron chi connectivity index (χ2n) is 7.71. The number of aromatic nitrogens is 2. The third-order valence-electron chi connectivity index (χ3n) is 4.68. The number of anilines is 1. The monoisotopic (exact) mass is 469 g/mol. The second-order valence-corrected chi connectivity index (χ2v) is 7.71. The Morgan fingerprint density at radius 3 is 2.44 bits per heavy atom. The summed E-state index contributed by atoms with van der Waals surface area (Å²) in [6.45, 7) is 7.30. The van der Waals surface area contributed by atoms with Gasteiger partial charge in [0, 0.05) is 12.6 Å². The van der Waals surface area contributed by atoms with Crippen LogP contribution in [-0.2, 0) is 22.6 Å². The Kier molecular flexibility index (Phi) is 7.67. The summed E-state index contributed by atoms with van der Waals surface area (Å²) in [7, 11) is 0. The van der Waals surface area contributed by atoms with Crippen LogP contribution in [0.3, 0.4) is 0 Å². The van der Waals surface area contributed by atoms with Crippen LogP contribution in [0.1, 0.15) is 58.6 Å². The summed E-state index contributed by atoms with van der Waals surface area (Å²) < 4.78 is 15.9. The topological polar surface area (TPSA) is 159 Å². The van der Waals surface area contributed by atoms with Crippen LogP contribution in [0.4, 0.5) is 10.6 Å². The number of nitrogens with zero attached hydrogens (tertiary/aromatic N) is 2. The Morgan fingerprint density at radius 1 is 1.09 bits per heavy atom. The summed E-state index contributed by atoms with van der Waals surface area (Å²) >= 11 is 0. The zero-order chi connectivity index (χ0) is 24.8. The van der Waals surface area contributed by atoms with Gasteiger partial charge in [0.1, 0.15) is 17.1 Å². The molecule has 2 aromatic heterocycles. The van der Waals surface area contributed by atoms with Crippen molar-refractivity contribution in [2.24, 2.45) is 0 Å². The van der Waals surface area contributed by atoms with E-state index in [1.54, 1.807) is 38.1 Å². The minimum absolute atomic E-state index is 0.0225. The summed E-state index contributed by atoms with van der Waals surface area (Å²) in [5, 5.41) is 5.72. The number of aryl methyl sites for hydroxylation is 1. The first-order chi connectivity index (χ1) is 16.2. The van der Waals surface area contributed by atoms with Crippen LogP contribution >= 0.6 is 0 Å². The summed E-state index contributed by atoms with van der Waals surface area (Å²) in [6, 6.07) is 6.40. The van der Waals surface area contributed by atoms with Gasteiger partial charge < -0.3 is 30.3 Å². The number of furan rings is 1. The first kappa shape index (κ1) is 24.5. The molecule has 0 radical (unpaired) electrons. The molecule has 2 heterocycles. The lowest BCUT2D eigenvalue weighted by atomic mass is 10.1. The van der Waals surface area contributed by atoms with Gasteiger partial charge in [0.05, 0.1) is 17.6 Å². The van der Waals surface area contributed by atoms with Crippen molar-refractivity contribution >= 4 is 34.9 Å². The maximum absolute atomic E-state index is 12.4. The number of carbonyl (C=O) groups excluding carboxylic acids is 3. The van der Waals surface area contributed by atoms with Crippen molar-refractivity contribution in [1.29, 1.82) is 0 Å². The number of carbonyl (C=O) groups is 3. The lowest BCUT2D eigenvalue weighted by Gasteiger charge is -2.10. The predicted molar refractivity (Wildman–Crippen MR) is 123 cm³/mol. The molecule has 34 heavy (non-hydrogen) atoms. The quantitative estimate of drug-likeness (QED) is 0.422. The van der Waals surface area contributed by atoms with Crippen molar-refractivity contribution in [3.05, 3.63) is 52.5 Å². The molecule has 11 nitrogen and oxygen atoms in total. The highest BCUT2D eigenvalue weighted by atomic mass is 16.5. The van der Waals surface area contributed by atoms with Gasteiger partial charge in [0.15, 0.2) is 12.4 Å². The lowest BCUT2D eigenvalue weighted by molar-refractivity contribution is 0.0461. The standard InChI is InChI=1S/C23H27N5O6/c1-5-32-22(30)17-13(4)34-20-18(17)19(24)27-16(28-20)11-33-21(29)15-8-6-14(7-9-15)10-25-23(31)26-12(2)3/h6-9,12H,5,10-11H2,1-4H3,(H2,24,27,28)(H2,25,26,31). The highest BCUT2D eigenvalue weighted by Gasteiger charge is 2.24. The third-order valence-corrected chi connectivity index (χ3v) is 4.68. The maximum atomic E-state index is 12.4. The normalized spacial score (nSPS) is 10.9. The number of hydrogen-bond acceptors (Lipinski definition) is 9. The average Bonchev–Trinajstić information content (AvgIpc) is 3.12. The van der Waals surface area contributed by atoms with Crippen molar-refractivity contribution in [1.82, 2.24) is 20.6 Å². The molecular weight excluding hydrogens is 442 g/mol. The number of benzene rings is 1. The number of ether oxygens (including phenoxy) is 2. The number of amides is 2. The van der Waals surface area contributed by atoms with E-state index in [0.717, 1.165) is 5.56 Å². The average molecular weight is 469 g/mol. The fraction of sp³-hybridized carbons (Fsp3) is 0.348. The van der Waals surface area contributed by atoms with Gasteiger partial charge in [-0.15, -0.1) is 0 Å². The van der Waals surface area contributed by atoms with Gasteiger partial charge in [-0.1, -0.05) is 12.1 Å². The van der Waals surface area contributed by atoms with Crippen LogP contribution in [-0.4, -0.2) is 40.6 Å². The largest absolute Gasteiger partial charge is 0.462 e. The second kappa shape index (κ2) is 10.6. The molecule has 0 unspecified atom stereocenters. The van der Waals surface area contributed by atoms with Crippen LogP contribution in [0.25, 0.3) is 11.1 Å². The van der Waals surface area contributed by atoms with Crippen molar-refractivity contribution in [2.75, 3.05) is 12.3 Å². The highest BCUT2D eigenvalue weighted by Crippen LogP contribution is 2.29. The minimum atomic E-state index is -0.581. The molecule has 1 aromatic carbocycles. The predicted octanol–water partition coefficient (Wildman–Crippen LogP) is 2.85. The van der Waals surface area contributed by atoms with E-state index in [0.29, 0.717) is 17.9 Å². The van der Waals surface area contributed by atoms with Crippen LogP contribution in [0.2, 0.25) is 0 Å². The van der Waals surface area contributed by atoms with E-state index in [4.69, 9.17) is 19.6 Å². The van der Waals surface area contributed by atoms with Crippen molar-refractivity contribution in [2.45, 2.75) is 46.9 Å². The van der Waals surface area contributed by atoms with E-state index in [-0.39, 0.29) is 53.6 Å². The van der Waals surface area contributed by atoms with Gasteiger partial charge in [-0.05, 0) is 45.4 Å². The number of rotatable bonds is 8. The van der Waals surface area contributed by atoms with Gasteiger partial charge in [0.25, 0.3) is 0 Å². The minimum Gasteiger partial charge on any atom is -0.462 e. The molecule has 0 bridgehead atoms. The highest BCUT2D eigenvalue weighted by molar-refractivity contribution is 6.07. The Bertz CT molecular complexity index is 1200. The zero-order valence-corrected chi connectivity index (χ0v) is 19.4. The number of fused-ring (bicyclic) bond motifs is 1. The SMILES string of the molecule is CCOC(=O)c1c(C)oc2nc(COC(=O)c3ccc(CNC(=O)NC(C)C)cc3)nc(N)c12. The summed E-state index contributed by atoms with van der Waals surface area (Å²) in [5.74, 6) is -0.705. The zero-order valence-electron chi connectivity index (χ0n) is 19.4. The van der Waals surface area contributed by atoms with Gasteiger partial charge in [-0.2, -0.15) is 4.98 Å². The van der Waals surface area contributed by atoms with E-state index in [1.165, 1.54) is 0 Å². The molecule has 3 aromatic rings. The van der Waals surface area contributed by atoms with Crippen molar-refractivity contribution < 1.29 is 28.3 Å². The molecule has 0 aliphatic carbocycles. The van der Waals surface area contributed by atoms with Crippen LogP contribution in [0.5, 0.6) is 0 Å². The van der Waals surface area contributed by atoms with Crippen LogP contribution in [0.15, 0.2) is 28.7 Å². The number of nitrogens with one attached hydrogen (secondary N) is 2. The smallest absolute Gasteiger partial charge is 0.342 e. The van der Waals surface area contributed by atoms with Crippen molar-refractivity contribution in [3.8, 4) is 0 Å². The Balaban J connectivity index is 1.64. The molecule has 0 atom stereocenters. The number of esters is 2. The number of nitrogen functional groups attached to an aromatic ring is 1. The van der Waals surface area contributed by atoms with Gasteiger partial charge in [-0.25, -0.2) is 19.4 Å². The molecule has 0 aliphatic rings. The number of nitrogens with two attached hydrogens (primary N) is 1. The van der Waals surface area contributed by atoms with Crippen molar-refractivity contribution in [3.63, 3.8) is 0 Å². The molecule has 180 valence electrons. The lowest BCUT2D eigenvalue weighted by Crippen LogP contribution is -2.39. The molecule has 0 aliphatic heterocycles. The van der Waals surface area contributed by atoms with Crippen LogP contribution < -0.4 is 16.4 Å². The van der Waals surface area contributed by atoms with E-state index in [1.807, 2.05) is 13.8 Å². The molecule has 3 rings (SSSR count). The van der Waals surface area contributed by atoms with Crippen LogP contribution in [0, 0.1) is 6.92 Å². The molecule has 0 fully saturated rings. The Hall–Kier alpha value is -4.15. The van der Waals surface area contributed by atoms with Gasteiger partial charge in [0.2, 0.25) is 5.71 Å². The fourth-order valence-corrected chi connectivity index (χ4v) is 3.16. The van der Waals surface area contributed by atoms with Gasteiger partial charge in [-0.3, -0.25) is 0 Å². The summed E-state index contributed by atoms with van der Waals surface area (Å²) in [5.41, 5.74) is 7.45. The Morgan fingerprint density at radius 2 is 1.79 bits per heavy atom. The van der Waals surface area contributed by atoms with E-state index >= 15 is 0 Å².